The fraction of sp³-hybridized carbons (Fsp3) is 0.0588. The van der Waals surface area contributed by atoms with Gasteiger partial charge in [-0.15, -0.1) is 11.8 Å². The lowest BCUT2D eigenvalue weighted by Gasteiger charge is -2.11. The molecule has 0 aliphatic carbocycles. The van der Waals surface area contributed by atoms with Gasteiger partial charge < -0.3 is 5.32 Å². The highest BCUT2D eigenvalue weighted by molar-refractivity contribution is 7.98. The Balaban J connectivity index is 1.98. The average molecular weight is 346 g/mol. The van der Waals surface area contributed by atoms with E-state index in [1.54, 1.807) is 30.0 Å². The van der Waals surface area contributed by atoms with Gasteiger partial charge in [0.1, 0.15) is 16.8 Å². The summed E-state index contributed by atoms with van der Waals surface area (Å²) in [6.45, 7) is 0. The van der Waals surface area contributed by atoms with Crippen molar-refractivity contribution in [3.63, 3.8) is 0 Å². The highest BCUT2D eigenvalue weighted by Crippen LogP contribution is 2.28. The zero-order chi connectivity index (χ0) is 16.2. The van der Waals surface area contributed by atoms with Gasteiger partial charge in [-0.2, -0.15) is 0 Å². The molecule has 23 heavy (non-hydrogen) atoms. The van der Waals surface area contributed by atoms with Crippen LogP contribution in [0.4, 0.5) is 15.9 Å². The minimum atomic E-state index is -0.340. The third-order valence-electron chi connectivity index (χ3n) is 3.15. The maximum absolute atomic E-state index is 13.4. The van der Waals surface area contributed by atoms with Crippen molar-refractivity contribution in [2.24, 2.45) is 0 Å². The van der Waals surface area contributed by atoms with E-state index in [4.69, 9.17) is 11.6 Å². The molecule has 0 unspecified atom stereocenters. The molecule has 0 atom stereocenters. The molecule has 0 spiro atoms. The molecule has 1 N–H and O–H groups in total. The number of rotatable bonds is 4. The summed E-state index contributed by atoms with van der Waals surface area (Å²) in [4.78, 5) is 9.70. The van der Waals surface area contributed by atoms with E-state index in [-0.39, 0.29) is 5.82 Å². The second-order valence-corrected chi connectivity index (χ2v) is 5.97. The summed E-state index contributed by atoms with van der Waals surface area (Å²) < 4.78 is 13.4. The fourth-order valence-corrected chi connectivity index (χ4v) is 2.86. The SMILES string of the molecule is CSc1ccccc1Nc1cc(Cl)nc(-c2cccc(F)c2)n1. The number of para-hydroxylation sites is 1. The van der Waals surface area contributed by atoms with Crippen molar-refractivity contribution in [1.82, 2.24) is 9.97 Å². The smallest absolute Gasteiger partial charge is 0.163 e. The largest absolute Gasteiger partial charge is 0.339 e. The normalized spacial score (nSPS) is 10.6. The number of aromatic nitrogens is 2. The maximum Gasteiger partial charge on any atom is 0.163 e. The molecule has 1 aromatic heterocycles. The van der Waals surface area contributed by atoms with Crippen LogP contribution in [-0.4, -0.2) is 16.2 Å². The first kappa shape index (κ1) is 15.8. The molecule has 3 nitrogen and oxygen atoms in total. The number of hydrogen-bond donors (Lipinski definition) is 1. The molecule has 0 saturated heterocycles. The molecular weight excluding hydrogens is 333 g/mol. The first-order chi connectivity index (χ1) is 11.2. The van der Waals surface area contributed by atoms with E-state index in [1.807, 2.05) is 30.5 Å². The molecule has 116 valence electrons. The van der Waals surface area contributed by atoms with Crippen molar-refractivity contribution in [1.29, 1.82) is 0 Å². The molecule has 3 rings (SSSR count). The topological polar surface area (TPSA) is 37.8 Å². The molecule has 0 aliphatic rings. The third-order valence-corrected chi connectivity index (χ3v) is 4.14. The van der Waals surface area contributed by atoms with E-state index in [9.17, 15) is 4.39 Å². The van der Waals surface area contributed by atoms with E-state index in [1.165, 1.54) is 12.1 Å². The third kappa shape index (κ3) is 3.81. The minimum absolute atomic E-state index is 0.295. The zero-order valence-electron chi connectivity index (χ0n) is 12.3. The van der Waals surface area contributed by atoms with Gasteiger partial charge in [0, 0.05) is 16.5 Å². The lowest BCUT2D eigenvalue weighted by atomic mass is 10.2. The van der Waals surface area contributed by atoms with Crippen molar-refractivity contribution in [3.05, 3.63) is 65.6 Å². The number of anilines is 2. The van der Waals surface area contributed by atoms with Crippen molar-refractivity contribution in [3.8, 4) is 11.4 Å². The van der Waals surface area contributed by atoms with Crippen LogP contribution in [0.2, 0.25) is 5.15 Å². The highest BCUT2D eigenvalue weighted by atomic mass is 35.5. The Kier molecular flexibility index (Phi) is 4.79. The van der Waals surface area contributed by atoms with Gasteiger partial charge in [0.15, 0.2) is 5.82 Å². The number of benzene rings is 2. The Morgan fingerprint density at radius 2 is 1.87 bits per heavy atom. The minimum Gasteiger partial charge on any atom is -0.339 e. The standard InChI is InChI=1S/C17H13ClFN3S/c1-23-14-8-3-2-7-13(14)20-16-10-15(18)21-17(22-16)11-5-4-6-12(19)9-11/h2-10H,1H3,(H,20,21,22). The Morgan fingerprint density at radius 1 is 1.04 bits per heavy atom. The van der Waals surface area contributed by atoms with Crippen LogP contribution >= 0.6 is 23.4 Å². The van der Waals surface area contributed by atoms with Crippen LogP contribution in [-0.2, 0) is 0 Å². The summed E-state index contributed by atoms with van der Waals surface area (Å²) in [7, 11) is 0. The number of halogens is 2. The van der Waals surface area contributed by atoms with Crippen molar-refractivity contribution >= 4 is 34.9 Å². The lowest BCUT2D eigenvalue weighted by Crippen LogP contribution is -1.99. The van der Waals surface area contributed by atoms with Gasteiger partial charge in [-0.05, 0) is 30.5 Å². The quantitative estimate of drug-likeness (QED) is 0.507. The van der Waals surface area contributed by atoms with Crippen LogP contribution in [0.5, 0.6) is 0 Å². The molecule has 0 saturated carbocycles. The molecule has 3 aromatic rings. The molecule has 0 bridgehead atoms. The van der Waals surface area contributed by atoms with Gasteiger partial charge in [0.2, 0.25) is 0 Å². The van der Waals surface area contributed by atoms with Crippen molar-refractivity contribution in [2.45, 2.75) is 4.90 Å². The fourth-order valence-electron chi connectivity index (χ4n) is 2.12. The predicted octanol–water partition coefficient (Wildman–Crippen LogP) is 5.40. The zero-order valence-corrected chi connectivity index (χ0v) is 13.8. The summed E-state index contributed by atoms with van der Waals surface area (Å²) in [5.41, 5.74) is 1.51. The van der Waals surface area contributed by atoms with Gasteiger partial charge in [-0.3, -0.25) is 0 Å². The van der Waals surface area contributed by atoms with Gasteiger partial charge in [-0.25, -0.2) is 14.4 Å². The number of nitrogens with zero attached hydrogens (tertiary/aromatic N) is 2. The Hall–Kier alpha value is -2.11. The first-order valence-corrected chi connectivity index (χ1v) is 8.46. The first-order valence-electron chi connectivity index (χ1n) is 6.86. The summed E-state index contributed by atoms with van der Waals surface area (Å²) in [6.07, 6.45) is 2.01. The highest BCUT2D eigenvalue weighted by Gasteiger charge is 2.08. The van der Waals surface area contributed by atoms with Gasteiger partial charge in [-0.1, -0.05) is 35.9 Å². The summed E-state index contributed by atoms with van der Waals surface area (Å²) in [5, 5.41) is 3.53. The van der Waals surface area contributed by atoms with E-state index in [2.05, 4.69) is 15.3 Å². The van der Waals surface area contributed by atoms with Crippen LogP contribution in [0, 0.1) is 5.82 Å². The number of hydrogen-bond acceptors (Lipinski definition) is 4. The van der Waals surface area contributed by atoms with Crippen LogP contribution in [0.1, 0.15) is 0 Å². The molecule has 0 amide bonds. The van der Waals surface area contributed by atoms with Crippen LogP contribution < -0.4 is 5.32 Å². The molecule has 1 heterocycles. The Bertz CT molecular complexity index is 842. The Morgan fingerprint density at radius 3 is 2.65 bits per heavy atom. The molecular formula is C17H13ClFN3S. The molecule has 0 fully saturated rings. The van der Waals surface area contributed by atoms with Crippen LogP contribution in [0.25, 0.3) is 11.4 Å². The van der Waals surface area contributed by atoms with Crippen LogP contribution in [0.3, 0.4) is 0 Å². The number of nitrogens with one attached hydrogen (secondary N) is 1. The maximum atomic E-state index is 13.4. The van der Waals surface area contributed by atoms with E-state index >= 15 is 0 Å². The average Bonchev–Trinajstić information content (AvgIpc) is 2.55. The monoisotopic (exact) mass is 345 g/mol. The summed E-state index contributed by atoms with van der Waals surface area (Å²) in [5.74, 6) is 0.597. The van der Waals surface area contributed by atoms with Crippen molar-refractivity contribution < 1.29 is 4.39 Å². The second kappa shape index (κ2) is 6.98. The van der Waals surface area contributed by atoms with Crippen LogP contribution in [0.15, 0.2) is 59.5 Å². The van der Waals surface area contributed by atoms with E-state index in [0.29, 0.717) is 22.4 Å². The van der Waals surface area contributed by atoms with Gasteiger partial charge >= 0.3 is 0 Å². The predicted molar refractivity (Wildman–Crippen MR) is 93.9 cm³/mol. The molecule has 0 radical (unpaired) electrons. The Labute approximate surface area is 142 Å². The molecule has 0 aliphatic heterocycles. The van der Waals surface area contributed by atoms with E-state index in [0.717, 1.165) is 10.6 Å². The number of thioether (sulfide) groups is 1. The molecule has 6 heteroatoms. The lowest BCUT2D eigenvalue weighted by molar-refractivity contribution is 0.628. The summed E-state index contributed by atoms with van der Waals surface area (Å²) in [6, 6.07) is 15.7. The second-order valence-electron chi connectivity index (χ2n) is 4.74. The summed E-state index contributed by atoms with van der Waals surface area (Å²) >= 11 is 7.72. The van der Waals surface area contributed by atoms with Gasteiger partial charge in [0.05, 0.1) is 5.69 Å². The molecule has 2 aromatic carbocycles. The van der Waals surface area contributed by atoms with Gasteiger partial charge in [0.25, 0.3) is 0 Å². The van der Waals surface area contributed by atoms with Crippen molar-refractivity contribution in [2.75, 3.05) is 11.6 Å². The van der Waals surface area contributed by atoms with E-state index < -0.39 is 0 Å².